The number of halogens is 1. The molecule has 0 fully saturated rings. The Balaban J connectivity index is 2.70. The molecule has 0 spiro atoms. The number of nitrogens with zero attached hydrogens (tertiary/aromatic N) is 3. The van der Waals surface area contributed by atoms with Gasteiger partial charge in [0.15, 0.2) is 0 Å². The first-order valence-corrected chi connectivity index (χ1v) is 5.01. The third-order valence-electron chi connectivity index (χ3n) is 1.80. The lowest BCUT2D eigenvalue weighted by Gasteiger charge is -2.20. The molecule has 0 radical (unpaired) electrons. The fraction of sp³-hybridized carbons (Fsp3) is 0.625. The maximum atomic E-state index is 9.55. The van der Waals surface area contributed by atoms with Crippen molar-refractivity contribution < 1.29 is 10.2 Å². The van der Waals surface area contributed by atoms with Gasteiger partial charge in [0, 0.05) is 13.6 Å². The molecule has 1 heterocycles. The van der Waals surface area contributed by atoms with Crippen LogP contribution in [0.1, 0.15) is 6.92 Å². The summed E-state index contributed by atoms with van der Waals surface area (Å²) in [6, 6.07) is 0. The zero-order chi connectivity index (χ0) is 12.2. The topological polar surface area (TPSA) is 103 Å². The summed E-state index contributed by atoms with van der Waals surface area (Å²) >= 11 is 5.66. The molecule has 1 aromatic rings. The van der Waals surface area contributed by atoms with Gasteiger partial charge in [-0.05, 0) is 18.5 Å². The van der Waals surface area contributed by atoms with E-state index in [2.05, 4.69) is 25.6 Å². The predicted molar refractivity (Wildman–Crippen MR) is 60.6 cm³/mol. The standard InChI is InChI=1S/C8H14ClN5O2/c1-8(16,4-15)3-11-7-13-5(9)12-6(10-2)14-7/h15-16H,3-4H2,1-2H3,(H2,10,11,12,13,14). The van der Waals surface area contributed by atoms with Crippen molar-refractivity contribution in [1.82, 2.24) is 15.0 Å². The van der Waals surface area contributed by atoms with Crippen LogP contribution >= 0.6 is 11.6 Å². The normalized spacial score (nSPS) is 14.3. The van der Waals surface area contributed by atoms with Crippen LogP contribution < -0.4 is 10.6 Å². The largest absolute Gasteiger partial charge is 0.393 e. The molecule has 4 N–H and O–H groups in total. The molecule has 16 heavy (non-hydrogen) atoms. The number of aliphatic hydroxyl groups excluding tert-OH is 1. The number of rotatable bonds is 5. The van der Waals surface area contributed by atoms with Crippen LogP contribution in [0.2, 0.25) is 5.28 Å². The Morgan fingerprint density at radius 1 is 1.31 bits per heavy atom. The summed E-state index contributed by atoms with van der Waals surface area (Å²) in [6.07, 6.45) is 0. The summed E-state index contributed by atoms with van der Waals surface area (Å²) < 4.78 is 0. The van der Waals surface area contributed by atoms with E-state index in [-0.39, 0.29) is 24.4 Å². The number of hydrogen-bond acceptors (Lipinski definition) is 7. The highest BCUT2D eigenvalue weighted by Crippen LogP contribution is 2.10. The van der Waals surface area contributed by atoms with E-state index in [0.29, 0.717) is 5.95 Å². The number of aromatic nitrogens is 3. The lowest BCUT2D eigenvalue weighted by Crippen LogP contribution is -2.37. The molecule has 0 amide bonds. The molecule has 0 saturated heterocycles. The van der Waals surface area contributed by atoms with Crippen LogP contribution in [0.3, 0.4) is 0 Å². The number of hydrogen-bond donors (Lipinski definition) is 4. The first kappa shape index (κ1) is 12.9. The summed E-state index contributed by atoms with van der Waals surface area (Å²) in [7, 11) is 1.65. The summed E-state index contributed by atoms with van der Waals surface area (Å²) in [5.41, 5.74) is -1.24. The third-order valence-corrected chi connectivity index (χ3v) is 1.97. The Labute approximate surface area is 97.9 Å². The van der Waals surface area contributed by atoms with Gasteiger partial charge in [-0.2, -0.15) is 15.0 Å². The minimum Gasteiger partial charge on any atom is -0.393 e. The molecule has 1 atom stereocenters. The monoisotopic (exact) mass is 247 g/mol. The van der Waals surface area contributed by atoms with Crippen LogP contribution in [0.4, 0.5) is 11.9 Å². The highest BCUT2D eigenvalue weighted by atomic mass is 35.5. The van der Waals surface area contributed by atoms with Gasteiger partial charge >= 0.3 is 0 Å². The van der Waals surface area contributed by atoms with Crippen molar-refractivity contribution >= 4 is 23.5 Å². The predicted octanol–water partition coefficient (Wildman–Crippen LogP) is -0.278. The molecule has 0 aromatic carbocycles. The fourth-order valence-electron chi connectivity index (χ4n) is 0.866. The van der Waals surface area contributed by atoms with Gasteiger partial charge in [0.1, 0.15) is 5.60 Å². The molecular formula is C8H14ClN5O2. The van der Waals surface area contributed by atoms with Crippen molar-refractivity contribution in [2.75, 3.05) is 30.8 Å². The van der Waals surface area contributed by atoms with E-state index in [1.54, 1.807) is 7.05 Å². The van der Waals surface area contributed by atoms with E-state index < -0.39 is 5.60 Å². The van der Waals surface area contributed by atoms with Crippen LogP contribution in [0.15, 0.2) is 0 Å². The Morgan fingerprint density at radius 3 is 2.50 bits per heavy atom. The summed E-state index contributed by atoms with van der Waals surface area (Å²) in [5.74, 6) is 0.559. The Kier molecular flexibility index (Phi) is 4.22. The minimum absolute atomic E-state index is 0.0468. The van der Waals surface area contributed by atoms with Crippen LogP contribution in [-0.4, -0.2) is 51.0 Å². The smallest absolute Gasteiger partial charge is 0.228 e. The van der Waals surface area contributed by atoms with Crippen molar-refractivity contribution in [3.63, 3.8) is 0 Å². The van der Waals surface area contributed by atoms with Crippen molar-refractivity contribution in [3.8, 4) is 0 Å². The van der Waals surface area contributed by atoms with Gasteiger partial charge in [-0.25, -0.2) is 0 Å². The average molecular weight is 248 g/mol. The van der Waals surface area contributed by atoms with E-state index in [1.165, 1.54) is 6.92 Å². The fourth-order valence-corrected chi connectivity index (χ4v) is 1.03. The first-order chi connectivity index (χ1) is 7.46. The van der Waals surface area contributed by atoms with Crippen molar-refractivity contribution in [2.24, 2.45) is 0 Å². The van der Waals surface area contributed by atoms with E-state index in [0.717, 1.165) is 0 Å². The number of aliphatic hydroxyl groups is 2. The average Bonchev–Trinajstić information content (AvgIpc) is 2.26. The molecule has 0 saturated carbocycles. The highest BCUT2D eigenvalue weighted by molar-refractivity contribution is 6.28. The number of nitrogens with one attached hydrogen (secondary N) is 2. The van der Waals surface area contributed by atoms with E-state index in [4.69, 9.17) is 16.7 Å². The Morgan fingerprint density at radius 2 is 1.94 bits per heavy atom. The van der Waals surface area contributed by atoms with Gasteiger partial charge < -0.3 is 20.8 Å². The molecule has 0 aliphatic carbocycles. The van der Waals surface area contributed by atoms with Gasteiger partial charge in [0.2, 0.25) is 17.2 Å². The van der Waals surface area contributed by atoms with Crippen molar-refractivity contribution in [3.05, 3.63) is 5.28 Å². The second-order valence-electron chi connectivity index (χ2n) is 3.51. The Hall–Kier alpha value is -1.18. The zero-order valence-electron chi connectivity index (χ0n) is 9.03. The van der Waals surface area contributed by atoms with Gasteiger partial charge in [-0.15, -0.1) is 0 Å². The second kappa shape index (κ2) is 5.24. The summed E-state index contributed by atoms with van der Waals surface area (Å²) in [5, 5.41) is 23.9. The molecule has 0 aliphatic rings. The van der Waals surface area contributed by atoms with Gasteiger partial charge in [-0.3, -0.25) is 0 Å². The van der Waals surface area contributed by atoms with Crippen LogP contribution in [0, 0.1) is 0 Å². The third kappa shape index (κ3) is 3.76. The SMILES string of the molecule is CNc1nc(Cl)nc(NCC(C)(O)CO)n1. The van der Waals surface area contributed by atoms with Crippen molar-refractivity contribution in [2.45, 2.75) is 12.5 Å². The molecule has 1 rings (SSSR count). The lowest BCUT2D eigenvalue weighted by atomic mass is 10.1. The van der Waals surface area contributed by atoms with Crippen LogP contribution in [0.5, 0.6) is 0 Å². The van der Waals surface area contributed by atoms with Crippen LogP contribution in [0.25, 0.3) is 0 Å². The molecule has 1 aromatic heterocycles. The highest BCUT2D eigenvalue weighted by Gasteiger charge is 2.19. The quantitative estimate of drug-likeness (QED) is 0.568. The van der Waals surface area contributed by atoms with Crippen LogP contribution in [-0.2, 0) is 0 Å². The second-order valence-corrected chi connectivity index (χ2v) is 3.85. The maximum Gasteiger partial charge on any atom is 0.228 e. The van der Waals surface area contributed by atoms with Gasteiger partial charge in [-0.1, -0.05) is 0 Å². The molecule has 0 bridgehead atoms. The van der Waals surface area contributed by atoms with E-state index in [9.17, 15) is 5.11 Å². The van der Waals surface area contributed by atoms with Crippen molar-refractivity contribution in [1.29, 1.82) is 0 Å². The molecular weight excluding hydrogens is 234 g/mol. The Bertz CT molecular complexity index is 360. The number of anilines is 2. The maximum absolute atomic E-state index is 9.55. The zero-order valence-corrected chi connectivity index (χ0v) is 9.78. The summed E-state index contributed by atoms with van der Waals surface area (Å²) in [4.78, 5) is 11.6. The molecule has 0 aliphatic heterocycles. The minimum atomic E-state index is -1.24. The molecule has 90 valence electrons. The lowest BCUT2D eigenvalue weighted by molar-refractivity contribution is 0.0131. The van der Waals surface area contributed by atoms with E-state index in [1.807, 2.05) is 0 Å². The molecule has 8 heteroatoms. The van der Waals surface area contributed by atoms with Gasteiger partial charge in [0.05, 0.1) is 6.61 Å². The molecule has 1 unspecified atom stereocenters. The van der Waals surface area contributed by atoms with Gasteiger partial charge in [0.25, 0.3) is 0 Å². The molecule has 7 nitrogen and oxygen atoms in total. The van der Waals surface area contributed by atoms with E-state index >= 15 is 0 Å². The summed E-state index contributed by atoms with van der Waals surface area (Å²) in [6.45, 7) is 1.23. The first-order valence-electron chi connectivity index (χ1n) is 4.63.